The lowest BCUT2D eigenvalue weighted by Crippen LogP contribution is -2.29. The second-order valence-electron chi connectivity index (χ2n) is 7.87. The maximum absolute atomic E-state index is 12.4. The number of carbonyl (C=O) groups is 2. The van der Waals surface area contributed by atoms with E-state index in [1.807, 2.05) is 14.7 Å². The molecule has 3 aliphatic heterocycles. The third kappa shape index (κ3) is 6.77. The van der Waals surface area contributed by atoms with Crippen molar-refractivity contribution >= 4 is 30.6 Å². The van der Waals surface area contributed by atoms with Gasteiger partial charge < -0.3 is 29.4 Å². The Labute approximate surface area is 176 Å². The Bertz CT molecular complexity index is 673. The summed E-state index contributed by atoms with van der Waals surface area (Å²) >= 11 is 1.78. The second-order valence-corrected chi connectivity index (χ2v) is 9.10. The van der Waals surface area contributed by atoms with Crippen molar-refractivity contribution in [1.82, 2.24) is 14.7 Å². The summed E-state index contributed by atoms with van der Waals surface area (Å²) < 4.78 is 4.54. The first-order valence-electron chi connectivity index (χ1n) is 10.2. The summed E-state index contributed by atoms with van der Waals surface area (Å²) in [7, 11) is -1.62. The molecule has 160 valence electrons. The van der Waals surface area contributed by atoms with E-state index in [0.29, 0.717) is 23.7 Å². The number of nitrogens with zero attached hydrogens (tertiary/aromatic N) is 3. The van der Waals surface area contributed by atoms with Crippen molar-refractivity contribution in [3.8, 4) is 0 Å². The minimum absolute atomic E-state index is 0.00546. The number of allylic oxidation sites excluding steroid dienone is 1. The van der Waals surface area contributed by atoms with E-state index in [1.165, 1.54) is 12.5 Å². The average Bonchev–Trinajstić information content (AvgIpc) is 3.51. The van der Waals surface area contributed by atoms with Gasteiger partial charge >= 0.3 is 7.32 Å². The van der Waals surface area contributed by atoms with E-state index in [1.54, 1.807) is 11.8 Å². The number of rotatable bonds is 10. The fraction of sp³-hybridized carbons (Fsp3) is 0.684. The van der Waals surface area contributed by atoms with Gasteiger partial charge in [-0.1, -0.05) is 13.8 Å². The molecule has 29 heavy (non-hydrogen) atoms. The topological polar surface area (TPSA) is 92.9 Å². The van der Waals surface area contributed by atoms with Gasteiger partial charge in [0, 0.05) is 57.7 Å². The molecule has 0 radical (unpaired) electrons. The van der Waals surface area contributed by atoms with Crippen LogP contribution >= 0.6 is 11.8 Å². The summed E-state index contributed by atoms with van der Waals surface area (Å²) in [6.07, 6.45) is 2.72. The summed E-state index contributed by atoms with van der Waals surface area (Å²) in [4.78, 5) is 30.5. The van der Waals surface area contributed by atoms with Gasteiger partial charge in [0.25, 0.3) is 0 Å². The zero-order chi connectivity index (χ0) is 21.0. The molecular weight excluding hydrogens is 393 g/mol. The van der Waals surface area contributed by atoms with Gasteiger partial charge in [-0.15, -0.1) is 0 Å². The first-order chi connectivity index (χ1) is 13.9. The highest BCUT2D eigenvalue weighted by molar-refractivity contribution is 7.99. The van der Waals surface area contributed by atoms with Gasteiger partial charge in [-0.25, -0.2) is 0 Å². The number of carbonyl (C=O) groups excluding carboxylic acids is 2. The minimum Gasteiger partial charge on any atom is -0.402 e. The maximum Gasteiger partial charge on any atom is 0.633 e. The Morgan fingerprint density at radius 3 is 2.10 bits per heavy atom. The van der Waals surface area contributed by atoms with Crippen LogP contribution < -0.4 is 0 Å². The summed E-state index contributed by atoms with van der Waals surface area (Å²) in [6.45, 7) is 10.2. The number of hydrogen-bond donors (Lipinski definition) is 2. The molecule has 2 N–H and O–H groups in total. The zero-order valence-corrected chi connectivity index (χ0v) is 18.0. The normalized spacial score (nSPS) is 20.0. The van der Waals surface area contributed by atoms with Crippen LogP contribution in [0, 0.1) is 5.92 Å². The largest absolute Gasteiger partial charge is 0.633 e. The Morgan fingerprint density at radius 2 is 1.59 bits per heavy atom. The van der Waals surface area contributed by atoms with Crippen LogP contribution in [0.2, 0.25) is 0 Å². The molecule has 0 bridgehead atoms. The van der Waals surface area contributed by atoms with Crippen LogP contribution in [0.1, 0.15) is 20.3 Å². The van der Waals surface area contributed by atoms with Crippen LogP contribution in [-0.2, 0) is 14.2 Å². The molecule has 4 rings (SSSR count). The van der Waals surface area contributed by atoms with Crippen LogP contribution in [0.15, 0.2) is 23.2 Å². The molecule has 10 heteroatoms. The Morgan fingerprint density at radius 1 is 1.00 bits per heavy atom. The Kier molecular flexibility index (Phi) is 7.67. The lowest BCUT2D eigenvalue weighted by Gasteiger charge is -2.21. The van der Waals surface area contributed by atoms with Crippen LogP contribution in [0.5, 0.6) is 0 Å². The van der Waals surface area contributed by atoms with Crippen molar-refractivity contribution in [3.63, 3.8) is 0 Å². The molecule has 0 saturated carbocycles. The number of ketones is 2. The molecule has 0 atom stereocenters. The van der Waals surface area contributed by atoms with Gasteiger partial charge in [-0.2, -0.15) is 11.8 Å². The summed E-state index contributed by atoms with van der Waals surface area (Å²) in [5, 5.41) is 16.6. The predicted molar refractivity (Wildman–Crippen MR) is 113 cm³/mol. The van der Waals surface area contributed by atoms with Crippen molar-refractivity contribution in [2.75, 3.05) is 57.4 Å². The molecule has 0 spiro atoms. The third-order valence-corrected chi connectivity index (χ3v) is 5.80. The molecule has 0 amide bonds. The van der Waals surface area contributed by atoms with Crippen LogP contribution in [-0.4, -0.2) is 101 Å². The minimum atomic E-state index is -1.62. The molecule has 0 aromatic rings. The first kappa shape index (κ1) is 22.2. The SMILES string of the molecule is CC(C)CCSCCOB(O)O.O=C1C=C(N2CC2)C(=O)C(N2CC2)=C1N1CC1. The van der Waals surface area contributed by atoms with Crippen LogP contribution in [0.25, 0.3) is 0 Å². The quantitative estimate of drug-likeness (QED) is 0.217. The van der Waals surface area contributed by atoms with Crippen molar-refractivity contribution in [2.45, 2.75) is 20.3 Å². The molecule has 1 aliphatic carbocycles. The first-order valence-corrected chi connectivity index (χ1v) is 11.4. The van der Waals surface area contributed by atoms with E-state index in [0.717, 1.165) is 56.7 Å². The van der Waals surface area contributed by atoms with Crippen LogP contribution in [0.4, 0.5) is 0 Å². The lowest BCUT2D eigenvalue weighted by molar-refractivity contribution is -0.117. The average molecular weight is 423 g/mol. The maximum atomic E-state index is 12.4. The third-order valence-electron chi connectivity index (χ3n) is 4.82. The molecule has 3 saturated heterocycles. The highest BCUT2D eigenvalue weighted by Gasteiger charge is 2.43. The van der Waals surface area contributed by atoms with Gasteiger partial charge in [0.1, 0.15) is 11.4 Å². The van der Waals surface area contributed by atoms with Gasteiger partial charge in [0.15, 0.2) is 0 Å². The van der Waals surface area contributed by atoms with Crippen molar-refractivity contribution < 1.29 is 24.3 Å². The molecule has 0 aromatic heterocycles. The second kappa shape index (κ2) is 10.0. The molecule has 0 aromatic carbocycles. The number of hydrogen-bond acceptors (Lipinski definition) is 9. The van der Waals surface area contributed by atoms with Gasteiger partial charge in [-0.3, -0.25) is 9.59 Å². The van der Waals surface area contributed by atoms with E-state index in [9.17, 15) is 9.59 Å². The summed E-state index contributed by atoms with van der Waals surface area (Å²) in [5.74, 6) is 2.72. The molecule has 3 heterocycles. The van der Waals surface area contributed by atoms with Crippen molar-refractivity contribution in [1.29, 1.82) is 0 Å². The highest BCUT2D eigenvalue weighted by atomic mass is 32.2. The van der Waals surface area contributed by atoms with E-state index >= 15 is 0 Å². The number of thioether (sulfide) groups is 1. The number of Topliss-reactive ketones (excluding diaryl/α,β-unsaturated/α-hetero) is 1. The fourth-order valence-corrected chi connectivity index (χ4v) is 3.97. The highest BCUT2D eigenvalue weighted by Crippen LogP contribution is 2.33. The van der Waals surface area contributed by atoms with Crippen molar-refractivity contribution in [3.05, 3.63) is 23.2 Å². The zero-order valence-electron chi connectivity index (χ0n) is 17.2. The van der Waals surface area contributed by atoms with Gasteiger partial charge in [0.2, 0.25) is 11.6 Å². The predicted octanol–water partition coefficient (Wildman–Crippen LogP) is -0.0677. The Balaban J connectivity index is 0.000000179. The Hall–Kier alpha value is -1.49. The van der Waals surface area contributed by atoms with E-state index < -0.39 is 7.32 Å². The van der Waals surface area contributed by atoms with E-state index in [2.05, 4.69) is 18.5 Å². The molecule has 3 fully saturated rings. The smallest absolute Gasteiger partial charge is 0.402 e. The lowest BCUT2D eigenvalue weighted by atomic mass is 10.0. The standard InChI is InChI=1S/C12H13N3O2.C7H17BO3S/c16-9-7-8(13-1-2-13)12(17)11(15-5-6-15)10(9)14-3-4-14;1-7(2)3-5-12-6-4-11-8(9)10/h7H,1-6H2;7,9-10H,3-6H2,1-2H3. The molecule has 0 unspecified atom stereocenters. The summed E-state index contributed by atoms with van der Waals surface area (Å²) in [5.41, 5.74) is 1.89. The van der Waals surface area contributed by atoms with Crippen LogP contribution in [0.3, 0.4) is 0 Å². The molecular formula is C19H30BN3O5S. The molecule has 4 aliphatic rings. The van der Waals surface area contributed by atoms with E-state index in [4.69, 9.17) is 10.0 Å². The van der Waals surface area contributed by atoms with Gasteiger partial charge in [0.05, 0.1) is 5.70 Å². The van der Waals surface area contributed by atoms with Gasteiger partial charge in [-0.05, 0) is 18.1 Å². The van der Waals surface area contributed by atoms with Crippen molar-refractivity contribution in [2.24, 2.45) is 5.92 Å². The monoisotopic (exact) mass is 423 g/mol. The fourth-order valence-electron chi connectivity index (χ4n) is 2.91. The van der Waals surface area contributed by atoms with E-state index in [-0.39, 0.29) is 11.6 Å². The summed E-state index contributed by atoms with van der Waals surface area (Å²) in [6, 6.07) is 0. The molecule has 8 nitrogen and oxygen atoms in total.